The first-order valence-corrected chi connectivity index (χ1v) is 14.4. The van der Waals surface area contributed by atoms with Crippen molar-refractivity contribution in [1.82, 2.24) is 0 Å². The Bertz CT molecular complexity index is 1220. The third-order valence-corrected chi connectivity index (χ3v) is 8.84. The molecule has 0 saturated heterocycles. The lowest BCUT2D eigenvalue weighted by molar-refractivity contribution is 0.251. The summed E-state index contributed by atoms with van der Waals surface area (Å²) in [7, 11) is 0. The third kappa shape index (κ3) is 5.80. The van der Waals surface area contributed by atoms with E-state index < -0.39 is 0 Å². The zero-order valence-corrected chi connectivity index (χ0v) is 22.8. The van der Waals surface area contributed by atoms with Crippen LogP contribution in [-0.2, 0) is 18.3 Å². The second-order valence-electron chi connectivity index (χ2n) is 11.3. The first-order valence-electron chi connectivity index (χ1n) is 14.4. The Labute approximate surface area is 229 Å². The highest BCUT2D eigenvalue weighted by Crippen LogP contribution is 2.47. The number of hydrogen-bond donors (Lipinski definition) is 2. The molecule has 4 aromatic rings. The van der Waals surface area contributed by atoms with Crippen LogP contribution in [0.2, 0.25) is 0 Å². The second-order valence-corrected chi connectivity index (χ2v) is 11.3. The molecule has 5 rings (SSSR count). The molecule has 196 valence electrons. The van der Waals surface area contributed by atoms with Crippen molar-refractivity contribution in [2.75, 3.05) is 11.5 Å². The van der Waals surface area contributed by atoms with Crippen molar-refractivity contribution in [3.8, 4) is 0 Å². The number of unbranched alkanes of at least 4 members (excludes halogenated alkanes) is 1. The fourth-order valence-electron chi connectivity index (χ4n) is 6.41. The van der Waals surface area contributed by atoms with Gasteiger partial charge in [-0.1, -0.05) is 111 Å². The standard InChI is InChI=1S/C36H42N2/c1-2-3-8-27-21-23-36(24-22-27,32-17-13-28(14-18-32)25-30-9-4-6-11-34(30)37)33-19-15-29(16-20-33)26-31-10-5-7-12-35(31)38/h4-7,9-20,27H,2-3,8,21-26,37-38H2,1H3. The molecule has 0 aliphatic heterocycles. The Kier molecular flexibility index (Phi) is 8.17. The molecule has 0 aromatic heterocycles. The molecular formula is C36H42N2. The molecule has 4 N–H and O–H groups in total. The van der Waals surface area contributed by atoms with E-state index in [4.69, 9.17) is 11.5 Å². The van der Waals surface area contributed by atoms with Gasteiger partial charge in [0.2, 0.25) is 0 Å². The third-order valence-electron chi connectivity index (χ3n) is 8.84. The van der Waals surface area contributed by atoms with Gasteiger partial charge in [-0.2, -0.15) is 0 Å². The van der Waals surface area contributed by atoms with Crippen molar-refractivity contribution >= 4 is 11.4 Å². The minimum absolute atomic E-state index is 0.0807. The minimum Gasteiger partial charge on any atom is -0.398 e. The molecule has 0 spiro atoms. The van der Waals surface area contributed by atoms with Gasteiger partial charge in [0, 0.05) is 16.8 Å². The Morgan fingerprint density at radius 2 is 1.08 bits per heavy atom. The quantitative estimate of drug-likeness (QED) is 0.225. The summed E-state index contributed by atoms with van der Waals surface area (Å²) in [5.41, 5.74) is 22.2. The number of nitrogen functional groups attached to an aromatic ring is 2. The Morgan fingerprint density at radius 1 is 0.632 bits per heavy atom. The molecule has 2 nitrogen and oxygen atoms in total. The molecule has 0 heterocycles. The van der Waals surface area contributed by atoms with Crippen molar-refractivity contribution in [3.05, 3.63) is 130 Å². The van der Waals surface area contributed by atoms with Gasteiger partial charge in [-0.15, -0.1) is 0 Å². The second kappa shape index (κ2) is 11.9. The van der Waals surface area contributed by atoms with Crippen LogP contribution >= 0.6 is 0 Å². The summed E-state index contributed by atoms with van der Waals surface area (Å²) >= 11 is 0. The lowest BCUT2D eigenvalue weighted by Gasteiger charge is -2.42. The van der Waals surface area contributed by atoms with Crippen LogP contribution in [0.4, 0.5) is 11.4 Å². The van der Waals surface area contributed by atoms with Gasteiger partial charge in [-0.25, -0.2) is 0 Å². The van der Waals surface area contributed by atoms with Crippen LogP contribution in [0.3, 0.4) is 0 Å². The van der Waals surface area contributed by atoms with Gasteiger partial charge >= 0.3 is 0 Å². The Balaban J connectivity index is 1.40. The lowest BCUT2D eigenvalue weighted by Crippen LogP contribution is -2.33. The molecule has 0 unspecified atom stereocenters. The summed E-state index contributed by atoms with van der Waals surface area (Å²) in [6.45, 7) is 2.31. The van der Waals surface area contributed by atoms with E-state index in [0.29, 0.717) is 0 Å². The number of anilines is 2. The predicted octanol–water partition coefficient (Wildman–Crippen LogP) is 8.70. The van der Waals surface area contributed by atoms with Gasteiger partial charge in [-0.3, -0.25) is 0 Å². The molecule has 1 fully saturated rings. The summed E-state index contributed by atoms with van der Waals surface area (Å²) < 4.78 is 0. The molecule has 38 heavy (non-hydrogen) atoms. The summed E-state index contributed by atoms with van der Waals surface area (Å²) in [6, 6.07) is 35.2. The van der Waals surface area contributed by atoms with Gasteiger partial charge in [0.15, 0.2) is 0 Å². The largest absolute Gasteiger partial charge is 0.398 e. The molecule has 0 atom stereocenters. The highest BCUT2D eigenvalue weighted by molar-refractivity contribution is 5.51. The van der Waals surface area contributed by atoms with Gasteiger partial charge in [0.1, 0.15) is 0 Å². The smallest absolute Gasteiger partial charge is 0.0349 e. The molecule has 0 bridgehead atoms. The molecule has 1 aliphatic carbocycles. The van der Waals surface area contributed by atoms with Crippen LogP contribution in [0.15, 0.2) is 97.1 Å². The summed E-state index contributed by atoms with van der Waals surface area (Å²) in [6.07, 6.45) is 10.8. The summed E-state index contributed by atoms with van der Waals surface area (Å²) in [4.78, 5) is 0. The van der Waals surface area contributed by atoms with Gasteiger partial charge in [-0.05, 0) is 90.0 Å². The monoisotopic (exact) mass is 502 g/mol. The molecule has 2 heteroatoms. The Morgan fingerprint density at radius 3 is 1.50 bits per heavy atom. The first kappa shape index (κ1) is 26.1. The van der Waals surface area contributed by atoms with Crippen molar-refractivity contribution in [2.45, 2.75) is 70.1 Å². The van der Waals surface area contributed by atoms with Gasteiger partial charge in [0.25, 0.3) is 0 Å². The van der Waals surface area contributed by atoms with Crippen molar-refractivity contribution in [1.29, 1.82) is 0 Å². The van der Waals surface area contributed by atoms with E-state index in [1.165, 1.54) is 78.3 Å². The van der Waals surface area contributed by atoms with Crippen LogP contribution in [0.1, 0.15) is 85.3 Å². The maximum Gasteiger partial charge on any atom is 0.0349 e. The number of para-hydroxylation sites is 2. The van der Waals surface area contributed by atoms with E-state index in [9.17, 15) is 0 Å². The highest BCUT2D eigenvalue weighted by Gasteiger charge is 2.38. The average Bonchev–Trinajstić information content (AvgIpc) is 2.95. The zero-order chi connectivity index (χ0) is 26.4. The van der Waals surface area contributed by atoms with Crippen LogP contribution in [0.25, 0.3) is 0 Å². The van der Waals surface area contributed by atoms with Gasteiger partial charge in [0.05, 0.1) is 0 Å². The molecule has 0 radical (unpaired) electrons. The molecular weight excluding hydrogens is 460 g/mol. The van der Waals surface area contributed by atoms with E-state index in [1.54, 1.807) is 0 Å². The number of rotatable bonds is 9. The molecule has 1 saturated carbocycles. The maximum atomic E-state index is 6.22. The van der Waals surface area contributed by atoms with E-state index in [-0.39, 0.29) is 5.41 Å². The highest BCUT2D eigenvalue weighted by atomic mass is 14.6. The number of hydrogen-bond acceptors (Lipinski definition) is 2. The first-order chi connectivity index (χ1) is 18.6. The maximum absolute atomic E-state index is 6.22. The summed E-state index contributed by atoms with van der Waals surface area (Å²) in [5.74, 6) is 0.865. The van der Waals surface area contributed by atoms with E-state index >= 15 is 0 Å². The molecule has 0 amide bonds. The number of benzene rings is 4. The normalized spacial score (nSPS) is 15.4. The number of nitrogens with two attached hydrogens (primary N) is 2. The molecule has 1 aliphatic rings. The van der Waals surface area contributed by atoms with E-state index in [2.05, 4.69) is 79.7 Å². The van der Waals surface area contributed by atoms with E-state index in [1.807, 2.05) is 24.3 Å². The van der Waals surface area contributed by atoms with Crippen LogP contribution in [0, 0.1) is 5.92 Å². The van der Waals surface area contributed by atoms with Crippen molar-refractivity contribution in [3.63, 3.8) is 0 Å². The van der Waals surface area contributed by atoms with Crippen LogP contribution in [-0.4, -0.2) is 0 Å². The van der Waals surface area contributed by atoms with Crippen molar-refractivity contribution < 1.29 is 0 Å². The van der Waals surface area contributed by atoms with Crippen LogP contribution < -0.4 is 11.5 Å². The SMILES string of the molecule is CCCCC1CCC(c2ccc(Cc3ccccc3N)cc2)(c2ccc(Cc3ccccc3N)cc2)CC1. The average molecular weight is 503 g/mol. The fourth-order valence-corrected chi connectivity index (χ4v) is 6.41. The fraction of sp³-hybridized carbons (Fsp3) is 0.333. The van der Waals surface area contributed by atoms with E-state index in [0.717, 1.165) is 30.1 Å². The van der Waals surface area contributed by atoms with Crippen LogP contribution in [0.5, 0.6) is 0 Å². The zero-order valence-electron chi connectivity index (χ0n) is 22.8. The summed E-state index contributed by atoms with van der Waals surface area (Å²) in [5, 5.41) is 0. The minimum atomic E-state index is 0.0807. The van der Waals surface area contributed by atoms with Gasteiger partial charge < -0.3 is 11.5 Å². The topological polar surface area (TPSA) is 52.0 Å². The van der Waals surface area contributed by atoms with Crippen molar-refractivity contribution in [2.24, 2.45) is 5.92 Å². The lowest BCUT2D eigenvalue weighted by atomic mass is 9.62. The predicted molar refractivity (Wildman–Crippen MR) is 162 cm³/mol. The molecule has 4 aromatic carbocycles. The Hall–Kier alpha value is -3.52.